The zero-order chi connectivity index (χ0) is 43.3. The van der Waals surface area contributed by atoms with E-state index in [1.807, 2.05) is 0 Å². The van der Waals surface area contributed by atoms with Crippen LogP contribution in [0.5, 0.6) is 0 Å². The van der Waals surface area contributed by atoms with Gasteiger partial charge in [-0.25, -0.2) is 0 Å². The van der Waals surface area contributed by atoms with E-state index < -0.39 is 0 Å². The van der Waals surface area contributed by atoms with Crippen molar-refractivity contribution in [1.82, 2.24) is 0 Å². The molecule has 0 amide bonds. The van der Waals surface area contributed by atoms with Gasteiger partial charge in [-0.3, -0.25) is 0 Å². The van der Waals surface area contributed by atoms with Crippen LogP contribution >= 0.6 is 0 Å². The number of allylic oxidation sites excluding steroid dienone is 1. The first-order chi connectivity index (χ1) is 30.4. The number of hydrogen-bond donors (Lipinski definition) is 0. The third-order valence-electron chi connectivity index (χ3n) is 14.6. The van der Waals surface area contributed by atoms with Gasteiger partial charge in [0, 0.05) is 33.3 Å². The van der Waals surface area contributed by atoms with Gasteiger partial charge in [0.15, 0.2) is 0 Å². The van der Waals surface area contributed by atoms with E-state index in [9.17, 15) is 0 Å². The molecule has 8 aromatic carbocycles. The smallest absolute Gasteiger partial charge is 0.0465 e. The van der Waals surface area contributed by atoms with E-state index in [0.29, 0.717) is 0 Å². The zero-order valence-corrected chi connectivity index (χ0v) is 37.4. The second-order valence-corrected chi connectivity index (χ2v) is 19.4. The average Bonchev–Trinajstić information content (AvgIpc) is 3.77. The van der Waals surface area contributed by atoms with Crippen LogP contribution in [-0.4, -0.2) is 0 Å². The number of nitrogens with zero attached hydrogens (tertiary/aromatic N) is 1. The van der Waals surface area contributed by atoms with E-state index in [4.69, 9.17) is 0 Å². The second-order valence-electron chi connectivity index (χ2n) is 19.4. The molecule has 1 nitrogen and oxygen atoms in total. The van der Waals surface area contributed by atoms with Crippen LogP contribution in [0.2, 0.25) is 0 Å². The van der Waals surface area contributed by atoms with Gasteiger partial charge in [0.1, 0.15) is 0 Å². The molecule has 1 heteroatoms. The van der Waals surface area contributed by atoms with Crippen LogP contribution in [0.25, 0.3) is 62.7 Å². The Bertz CT molecular complexity index is 3190. The van der Waals surface area contributed by atoms with Crippen molar-refractivity contribution in [2.24, 2.45) is 0 Å². The highest BCUT2D eigenvalue weighted by molar-refractivity contribution is 5.89. The Morgan fingerprint density at radius 1 is 0.317 bits per heavy atom. The fraction of sp³-hybridized carbons (Fsp3) is 0.161. The molecule has 0 N–H and O–H groups in total. The molecule has 0 radical (unpaired) electrons. The first kappa shape index (κ1) is 38.9. The van der Waals surface area contributed by atoms with Gasteiger partial charge in [0.05, 0.1) is 0 Å². The highest BCUT2D eigenvalue weighted by Crippen LogP contribution is 2.53. The summed E-state index contributed by atoms with van der Waals surface area (Å²) in [6.07, 6.45) is 8.88. The van der Waals surface area contributed by atoms with Gasteiger partial charge < -0.3 is 4.90 Å². The van der Waals surface area contributed by atoms with Crippen LogP contribution < -0.4 is 4.90 Å². The molecule has 3 aliphatic carbocycles. The molecule has 0 atom stereocenters. The third kappa shape index (κ3) is 6.12. The van der Waals surface area contributed by atoms with Gasteiger partial charge >= 0.3 is 0 Å². The monoisotopic (exact) mass is 811 g/mol. The van der Waals surface area contributed by atoms with Gasteiger partial charge in [-0.05, 0) is 144 Å². The normalized spacial score (nSPS) is 15.5. The predicted molar refractivity (Wildman–Crippen MR) is 269 cm³/mol. The maximum atomic E-state index is 2.43. The minimum atomic E-state index is -0.174. The summed E-state index contributed by atoms with van der Waals surface area (Å²) in [6.45, 7) is 16.3. The van der Waals surface area contributed by atoms with E-state index in [1.165, 1.54) is 94.6 Å². The van der Waals surface area contributed by atoms with Crippen molar-refractivity contribution < 1.29 is 0 Å². The first-order valence-electron chi connectivity index (χ1n) is 22.5. The molecular weight excluding hydrogens is 759 g/mol. The highest BCUT2D eigenvalue weighted by Gasteiger charge is 2.38. The van der Waals surface area contributed by atoms with Crippen LogP contribution in [0.4, 0.5) is 17.1 Å². The van der Waals surface area contributed by atoms with Gasteiger partial charge in [0.2, 0.25) is 0 Å². The maximum Gasteiger partial charge on any atom is 0.0465 e. The lowest BCUT2D eigenvalue weighted by Crippen LogP contribution is -2.16. The summed E-state index contributed by atoms with van der Waals surface area (Å²) >= 11 is 0. The molecule has 0 saturated heterocycles. The zero-order valence-electron chi connectivity index (χ0n) is 37.4. The SMILES string of the molecule is CC=Cc1ccc2c(c1)C(C)(C)c1cc(C=Cc3ccc4c(c3)C(C)(C)c3cc(N(c5ccccc5)c5ccc(-c6ccc7c(c6)C(C)(C)c6ccccc6-7)cc5)ccc3-4)ccc1-2. The van der Waals surface area contributed by atoms with Crippen LogP contribution in [0.15, 0.2) is 176 Å². The quantitative estimate of drug-likeness (QED) is 0.145. The molecule has 8 aromatic rings. The van der Waals surface area contributed by atoms with E-state index >= 15 is 0 Å². The number of para-hydroxylation sites is 1. The van der Waals surface area contributed by atoms with Crippen LogP contribution in [-0.2, 0) is 16.2 Å². The van der Waals surface area contributed by atoms with Crippen molar-refractivity contribution in [3.8, 4) is 44.5 Å². The van der Waals surface area contributed by atoms with Crippen molar-refractivity contribution in [2.75, 3.05) is 4.90 Å². The molecule has 0 aliphatic heterocycles. The lowest BCUT2D eigenvalue weighted by atomic mass is 9.81. The summed E-state index contributed by atoms with van der Waals surface area (Å²) in [7, 11) is 0. The van der Waals surface area contributed by atoms with Crippen molar-refractivity contribution in [3.05, 3.63) is 226 Å². The number of benzene rings is 8. The molecule has 3 aliphatic rings. The van der Waals surface area contributed by atoms with Gasteiger partial charge in [-0.15, -0.1) is 0 Å². The van der Waals surface area contributed by atoms with E-state index in [2.05, 4.69) is 248 Å². The largest absolute Gasteiger partial charge is 0.310 e. The Kier molecular flexibility index (Phi) is 8.83. The van der Waals surface area contributed by atoms with Crippen molar-refractivity contribution in [3.63, 3.8) is 0 Å². The summed E-state index contributed by atoms with van der Waals surface area (Å²) in [4.78, 5) is 2.40. The Balaban J connectivity index is 0.886. The Hall–Kier alpha value is -6.96. The molecule has 11 rings (SSSR count). The fourth-order valence-electron chi connectivity index (χ4n) is 11.1. The molecule has 0 aromatic heterocycles. The maximum absolute atomic E-state index is 2.43. The van der Waals surface area contributed by atoms with E-state index in [0.717, 1.165) is 17.1 Å². The summed E-state index contributed by atoms with van der Waals surface area (Å²) < 4.78 is 0. The number of hydrogen-bond acceptors (Lipinski definition) is 1. The summed E-state index contributed by atoms with van der Waals surface area (Å²) in [5.41, 5.74) is 25.7. The van der Waals surface area contributed by atoms with E-state index in [-0.39, 0.29) is 16.2 Å². The van der Waals surface area contributed by atoms with Crippen molar-refractivity contribution >= 4 is 35.3 Å². The topological polar surface area (TPSA) is 3.24 Å². The van der Waals surface area contributed by atoms with Crippen LogP contribution in [0.3, 0.4) is 0 Å². The van der Waals surface area contributed by atoms with Crippen molar-refractivity contribution in [1.29, 1.82) is 0 Å². The standard InChI is InChI=1S/C62H53N/c1-8-14-40-21-30-49-50-31-22-41(36-56(50)61(4,5)55(49)35-40)19-20-42-23-32-51-53-34-29-47(39-59(53)62(6,7)57(51)37-42)63(45-15-10-9-11-16-45)46-27-24-43(25-28-46)44-26-33-52-48-17-12-13-18-54(48)60(2,3)58(52)38-44/h8-39H,1-7H3. The minimum absolute atomic E-state index is 0.0309. The molecule has 0 bridgehead atoms. The lowest BCUT2D eigenvalue weighted by Gasteiger charge is -2.28. The summed E-state index contributed by atoms with van der Waals surface area (Å²) in [5, 5.41) is 0. The molecule has 0 heterocycles. The molecule has 0 fully saturated rings. The molecule has 0 unspecified atom stereocenters. The van der Waals surface area contributed by atoms with Crippen molar-refractivity contribution in [2.45, 2.75) is 64.7 Å². The number of anilines is 3. The number of fused-ring (bicyclic) bond motifs is 9. The molecule has 0 spiro atoms. The molecule has 63 heavy (non-hydrogen) atoms. The molecular formula is C62H53N. The predicted octanol–water partition coefficient (Wildman–Crippen LogP) is 16.9. The highest BCUT2D eigenvalue weighted by atomic mass is 15.1. The number of rotatable bonds is 7. The Morgan fingerprint density at radius 2 is 0.714 bits per heavy atom. The summed E-state index contributed by atoms with van der Waals surface area (Å²) in [5.74, 6) is 0. The minimum Gasteiger partial charge on any atom is -0.310 e. The Labute approximate surface area is 373 Å². The first-order valence-corrected chi connectivity index (χ1v) is 22.5. The molecule has 306 valence electrons. The summed E-state index contributed by atoms with van der Waals surface area (Å²) in [6, 6.07) is 63.8. The third-order valence-corrected chi connectivity index (χ3v) is 14.6. The Morgan fingerprint density at radius 3 is 1.29 bits per heavy atom. The average molecular weight is 812 g/mol. The van der Waals surface area contributed by atoms with Gasteiger partial charge in [0.25, 0.3) is 0 Å². The van der Waals surface area contributed by atoms with E-state index in [1.54, 1.807) is 0 Å². The second kappa shape index (κ2) is 14.3. The van der Waals surface area contributed by atoms with Crippen LogP contribution in [0, 0.1) is 0 Å². The lowest BCUT2D eigenvalue weighted by molar-refractivity contribution is 0.660. The molecule has 0 saturated carbocycles. The fourth-order valence-corrected chi connectivity index (χ4v) is 11.1. The van der Waals surface area contributed by atoms with Crippen LogP contribution in [0.1, 0.15) is 98.5 Å². The van der Waals surface area contributed by atoms with Gasteiger partial charge in [-0.1, -0.05) is 193 Å². The van der Waals surface area contributed by atoms with Gasteiger partial charge in [-0.2, -0.15) is 0 Å².